The van der Waals surface area contributed by atoms with Crippen LogP contribution in [0.25, 0.3) is 22.6 Å². The summed E-state index contributed by atoms with van der Waals surface area (Å²) in [5.41, 5.74) is 10.3. The van der Waals surface area contributed by atoms with Crippen molar-refractivity contribution < 1.29 is 4.39 Å². The van der Waals surface area contributed by atoms with Gasteiger partial charge in [-0.3, -0.25) is 9.88 Å². The van der Waals surface area contributed by atoms with E-state index in [9.17, 15) is 4.39 Å². The Kier molecular flexibility index (Phi) is 7.56. The van der Waals surface area contributed by atoms with E-state index in [-0.39, 0.29) is 27.0 Å². The van der Waals surface area contributed by atoms with E-state index in [0.717, 1.165) is 18.7 Å². The first-order chi connectivity index (χ1) is 16.4. The highest BCUT2D eigenvalue weighted by Crippen LogP contribution is 2.31. The minimum atomic E-state index is -0.419. The van der Waals surface area contributed by atoms with Crippen molar-refractivity contribution >= 4 is 44.0 Å². The van der Waals surface area contributed by atoms with E-state index in [0.29, 0.717) is 52.8 Å². The second-order valence-electron chi connectivity index (χ2n) is 9.47. The molecule has 0 spiro atoms. The number of nitrogens with zero attached hydrogens (tertiary/aromatic N) is 7. The topological polar surface area (TPSA) is 89.0 Å². The minimum Gasteiger partial charge on any atom is -0.382 e. The fourth-order valence-corrected chi connectivity index (χ4v) is 5.35. The van der Waals surface area contributed by atoms with Crippen LogP contribution in [0.3, 0.4) is 0 Å². The summed E-state index contributed by atoms with van der Waals surface area (Å²) in [4.78, 5) is 22.6. The van der Waals surface area contributed by atoms with Crippen LogP contribution in [0.1, 0.15) is 23.4 Å². The highest BCUT2D eigenvalue weighted by atomic mass is 32.1. The van der Waals surface area contributed by atoms with Crippen LogP contribution in [-0.2, 0) is 13.1 Å². The zero-order chi connectivity index (χ0) is 23.4. The van der Waals surface area contributed by atoms with E-state index < -0.39 is 5.82 Å². The molecule has 5 heterocycles. The maximum Gasteiger partial charge on any atom is 0.166 e. The average Bonchev–Trinajstić information content (AvgIpc) is 3.48. The number of piperazine rings is 1. The van der Waals surface area contributed by atoms with E-state index in [2.05, 4.69) is 61.0 Å². The summed E-state index contributed by atoms with van der Waals surface area (Å²) in [7, 11) is 2.23. The Bertz CT molecular complexity index is 1370. The number of pyridine rings is 1. The summed E-state index contributed by atoms with van der Waals surface area (Å²) < 4.78 is 15.9. The van der Waals surface area contributed by atoms with Gasteiger partial charge in [-0.05, 0) is 37.6 Å². The number of imidazole rings is 1. The number of halogens is 1. The molecule has 2 aliphatic heterocycles. The number of nitrogen functional groups attached to an aromatic ring is 1. The molecule has 2 fully saturated rings. The van der Waals surface area contributed by atoms with Gasteiger partial charge in [-0.25, -0.2) is 19.3 Å². The largest absolute Gasteiger partial charge is 0.382 e. The number of hydrogen-bond donors (Lipinski definition) is 1. The van der Waals surface area contributed by atoms with Gasteiger partial charge in [0.1, 0.15) is 17.5 Å². The molecule has 0 aliphatic carbocycles. The van der Waals surface area contributed by atoms with Crippen molar-refractivity contribution in [3.05, 3.63) is 65.5 Å². The van der Waals surface area contributed by atoms with Gasteiger partial charge in [-0.2, -0.15) is 27.0 Å². The quantitative estimate of drug-likeness (QED) is 0.428. The zero-order valence-electron chi connectivity index (χ0n) is 20.3. The molecule has 3 aromatic heterocycles. The number of likely N-dealkylation sites (tertiary alicyclic amines) is 2. The summed E-state index contributed by atoms with van der Waals surface area (Å²) >= 11 is 0. The van der Waals surface area contributed by atoms with E-state index >= 15 is 0 Å². The number of hydrogen-bond acceptors (Lipinski definition) is 7. The molecule has 0 amide bonds. The number of aryl methyl sites for hydroxylation is 1. The van der Waals surface area contributed by atoms with Crippen LogP contribution in [0, 0.1) is 12.7 Å². The lowest BCUT2D eigenvalue weighted by molar-refractivity contribution is 0.143. The van der Waals surface area contributed by atoms with Crippen LogP contribution >= 0.6 is 27.0 Å². The minimum absolute atomic E-state index is 0. The molecule has 11 heteroatoms. The van der Waals surface area contributed by atoms with Crippen molar-refractivity contribution in [3.63, 3.8) is 0 Å². The van der Waals surface area contributed by atoms with Gasteiger partial charge in [0.05, 0.1) is 12.7 Å². The molecule has 0 saturated carbocycles. The van der Waals surface area contributed by atoms with Crippen molar-refractivity contribution in [1.82, 2.24) is 34.3 Å². The fourth-order valence-electron chi connectivity index (χ4n) is 5.35. The van der Waals surface area contributed by atoms with E-state index in [1.54, 1.807) is 13.1 Å². The molecular formula is C25H31FN8S2. The third-order valence-corrected chi connectivity index (χ3v) is 7.07. The van der Waals surface area contributed by atoms with E-state index in [1.807, 2.05) is 4.57 Å². The molecule has 2 N–H and O–H groups in total. The number of nitrogens with two attached hydrogens (primary N) is 1. The Morgan fingerprint density at radius 3 is 2.33 bits per heavy atom. The molecule has 8 nitrogen and oxygen atoms in total. The van der Waals surface area contributed by atoms with Gasteiger partial charge in [0.15, 0.2) is 17.0 Å². The molecule has 0 radical (unpaired) electrons. The molecule has 4 aromatic rings. The number of anilines is 1. The van der Waals surface area contributed by atoms with Crippen molar-refractivity contribution in [2.24, 2.45) is 0 Å². The first-order valence-electron chi connectivity index (χ1n) is 11.6. The van der Waals surface area contributed by atoms with E-state index in [1.165, 1.54) is 30.8 Å². The van der Waals surface area contributed by atoms with Gasteiger partial charge in [-0.1, -0.05) is 24.3 Å². The van der Waals surface area contributed by atoms with E-state index in [4.69, 9.17) is 5.73 Å². The van der Waals surface area contributed by atoms with Crippen LogP contribution in [0.2, 0.25) is 0 Å². The second-order valence-corrected chi connectivity index (χ2v) is 9.47. The number of benzene rings is 1. The van der Waals surface area contributed by atoms with Crippen molar-refractivity contribution in [1.29, 1.82) is 0 Å². The van der Waals surface area contributed by atoms with Gasteiger partial charge in [0.25, 0.3) is 0 Å². The molecular weight excluding hydrogens is 495 g/mol. The van der Waals surface area contributed by atoms with Gasteiger partial charge >= 0.3 is 0 Å². The Balaban J connectivity index is 0.00000152. The molecule has 2 aliphatic rings. The predicted molar refractivity (Wildman–Crippen MR) is 149 cm³/mol. The molecule has 2 bridgehead atoms. The summed E-state index contributed by atoms with van der Waals surface area (Å²) in [6, 6.07) is 11.5. The molecule has 2 atom stereocenters. The predicted octanol–water partition coefficient (Wildman–Crippen LogP) is 3.08. The summed E-state index contributed by atoms with van der Waals surface area (Å²) in [6.07, 6.45) is 4.06. The maximum absolute atomic E-state index is 13.9. The van der Waals surface area contributed by atoms with Crippen LogP contribution < -0.4 is 5.73 Å². The average molecular weight is 527 g/mol. The number of fused-ring (bicyclic) bond motifs is 3. The Morgan fingerprint density at radius 1 is 0.972 bits per heavy atom. The Morgan fingerprint density at radius 2 is 1.69 bits per heavy atom. The first kappa shape index (κ1) is 26.3. The normalized spacial score (nSPS) is 19.4. The van der Waals surface area contributed by atoms with Crippen molar-refractivity contribution in [3.8, 4) is 11.4 Å². The second kappa shape index (κ2) is 10.3. The van der Waals surface area contributed by atoms with Gasteiger partial charge in [-0.15, -0.1) is 0 Å². The van der Waals surface area contributed by atoms with Gasteiger partial charge in [0, 0.05) is 43.5 Å². The molecule has 0 unspecified atom stereocenters. The molecule has 6 rings (SSSR count). The monoisotopic (exact) mass is 526 g/mol. The lowest BCUT2D eigenvalue weighted by atomic mass is 10.1. The van der Waals surface area contributed by atoms with Gasteiger partial charge < -0.3 is 15.2 Å². The number of likely N-dealkylation sites (N-methyl/N-ethyl adjacent to an activating group) is 1. The van der Waals surface area contributed by atoms with Crippen LogP contribution in [0.5, 0.6) is 0 Å². The maximum atomic E-state index is 13.9. The standard InChI is InChI=1S/C25H27FN8.2H2S/c1-15-29-23(27)22-25(30-15)34(24(31-22)18-7-19(26)10-28-9-18)12-17-5-3-16(4-6-17)11-33-14-20-8-21(33)13-32(20)2;;/h3-7,9-10,20-21H,8,11-14H2,1-2H3,(H2,27,29,30);2*1H2/t20-,21-;;/m0../s1. The summed E-state index contributed by atoms with van der Waals surface area (Å²) in [5, 5.41) is 0. The molecule has 190 valence electrons. The van der Waals surface area contributed by atoms with Crippen molar-refractivity contribution in [2.45, 2.75) is 38.5 Å². The third kappa shape index (κ3) is 4.80. The zero-order valence-corrected chi connectivity index (χ0v) is 22.3. The van der Waals surface area contributed by atoms with Crippen LogP contribution in [0.4, 0.5) is 10.2 Å². The number of rotatable bonds is 5. The first-order valence-corrected chi connectivity index (χ1v) is 11.6. The highest BCUT2D eigenvalue weighted by Gasteiger charge is 2.40. The van der Waals surface area contributed by atoms with Crippen LogP contribution in [0.15, 0.2) is 42.7 Å². The smallest absolute Gasteiger partial charge is 0.166 e. The lowest BCUT2D eigenvalue weighted by Gasteiger charge is -2.31. The van der Waals surface area contributed by atoms with Gasteiger partial charge in [0.2, 0.25) is 0 Å². The fraction of sp³-hybridized carbons (Fsp3) is 0.360. The number of aromatic nitrogens is 5. The van der Waals surface area contributed by atoms with Crippen molar-refractivity contribution in [2.75, 3.05) is 25.9 Å². The Labute approximate surface area is 223 Å². The third-order valence-electron chi connectivity index (χ3n) is 7.07. The Hall–Kier alpha value is -2.73. The highest BCUT2D eigenvalue weighted by molar-refractivity contribution is 7.59. The lowest BCUT2D eigenvalue weighted by Crippen LogP contribution is -2.43. The SMILES string of the molecule is Cc1nc(N)c2nc(-c3cncc(F)c3)n(Cc3ccc(CN4C[C@@H]5C[C@H]4CN5C)cc3)c2n1.S.S. The molecule has 36 heavy (non-hydrogen) atoms. The molecule has 1 aromatic carbocycles. The summed E-state index contributed by atoms with van der Waals surface area (Å²) in [5.74, 6) is 1.02. The van der Waals surface area contributed by atoms with Crippen LogP contribution in [-0.4, -0.2) is 66.5 Å². The molecule has 2 saturated heterocycles. The summed E-state index contributed by atoms with van der Waals surface area (Å²) in [6.45, 7) is 5.62.